The lowest BCUT2D eigenvalue weighted by Crippen LogP contribution is -1.85. The molecule has 1 unspecified atom stereocenters. The van der Waals surface area contributed by atoms with Crippen molar-refractivity contribution >= 4 is 25.3 Å². The molecule has 0 aromatic rings. The monoisotopic (exact) mass is 130 g/mol. The number of hydrogen-bond acceptors (Lipinski definition) is 2. The van der Waals surface area contributed by atoms with Gasteiger partial charge in [0.1, 0.15) is 0 Å². The van der Waals surface area contributed by atoms with Gasteiger partial charge < -0.3 is 0 Å². The summed E-state index contributed by atoms with van der Waals surface area (Å²) in [6, 6.07) is 0. The highest BCUT2D eigenvalue weighted by molar-refractivity contribution is 7.88. The molecule has 1 aliphatic carbocycles. The fourth-order valence-corrected chi connectivity index (χ4v) is 0.814. The van der Waals surface area contributed by atoms with Gasteiger partial charge in [-0.3, -0.25) is 0 Å². The molecule has 0 radical (unpaired) electrons. The fraction of sp³-hybridized carbons (Fsp3) is 0.200. The average Bonchev–Trinajstić information content (AvgIpc) is 1.91. The van der Waals surface area contributed by atoms with Crippen LogP contribution in [0.4, 0.5) is 0 Å². The Bertz CT molecular complexity index is 124. The standard InChI is InChI=1S/C5H6S2/c6-4-2-1-3-5(4)7/h1-4,6-7H. The molecule has 0 saturated heterocycles. The lowest BCUT2D eigenvalue weighted by molar-refractivity contribution is 1.46. The van der Waals surface area contributed by atoms with Crippen LogP contribution in [0, 0.1) is 0 Å². The second-order valence-electron chi connectivity index (χ2n) is 1.42. The van der Waals surface area contributed by atoms with E-state index in [2.05, 4.69) is 25.3 Å². The lowest BCUT2D eigenvalue weighted by Gasteiger charge is -1.94. The van der Waals surface area contributed by atoms with E-state index < -0.39 is 0 Å². The van der Waals surface area contributed by atoms with Crippen molar-refractivity contribution in [2.75, 3.05) is 0 Å². The maximum atomic E-state index is 4.16. The molecule has 1 atom stereocenters. The largest absolute Gasteiger partial charge is 0.166 e. The van der Waals surface area contributed by atoms with Crippen molar-refractivity contribution in [3.8, 4) is 0 Å². The summed E-state index contributed by atoms with van der Waals surface area (Å²) in [6.07, 6.45) is 5.90. The highest BCUT2D eigenvalue weighted by Gasteiger charge is 2.03. The van der Waals surface area contributed by atoms with Gasteiger partial charge >= 0.3 is 0 Å². The summed E-state index contributed by atoms with van der Waals surface area (Å²) >= 11 is 8.27. The predicted molar refractivity (Wildman–Crippen MR) is 39.0 cm³/mol. The van der Waals surface area contributed by atoms with Crippen LogP contribution in [0.25, 0.3) is 0 Å². The van der Waals surface area contributed by atoms with Crippen LogP contribution in [0.15, 0.2) is 23.1 Å². The summed E-state index contributed by atoms with van der Waals surface area (Å²) in [5, 5.41) is 0.253. The normalized spacial score (nSPS) is 28.3. The molecule has 0 bridgehead atoms. The number of rotatable bonds is 0. The van der Waals surface area contributed by atoms with E-state index in [9.17, 15) is 0 Å². The zero-order chi connectivity index (χ0) is 5.28. The van der Waals surface area contributed by atoms with Crippen molar-refractivity contribution in [2.45, 2.75) is 5.25 Å². The molecule has 0 aromatic carbocycles. The first-order valence-electron chi connectivity index (χ1n) is 2.06. The van der Waals surface area contributed by atoms with Crippen molar-refractivity contribution in [3.05, 3.63) is 23.1 Å². The molecular formula is C5H6S2. The van der Waals surface area contributed by atoms with Crippen LogP contribution >= 0.6 is 25.3 Å². The molecule has 0 spiro atoms. The molecule has 7 heavy (non-hydrogen) atoms. The minimum atomic E-state index is 0.253. The maximum Gasteiger partial charge on any atom is 0.0507 e. The molecule has 0 aromatic heterocycles. The minimum absolute atomic E-state index is 0.253. The van der Waals surface area contributed by atoms with Gasteiger partial charge in [0.15, 0.2) is 0 Å². The Morgan fingerprint density at radius 1 is 1.57 bits per heavy atom. The molecule has 0 fully saturated rings. The topological polar surface area (TPSA) is 0 Å². The first kappa shape index (κ1) is 5.32. The van der Waals surface area contributed by atoms with Crippen LogP contribution in [0.3, 0.4) is 0 Å². The highest BCUT2D eigenvalue weighted by Crippen LogP contribution is 2.19. The van der Waals surface area contributed by atoms with Gasteiger partial charge in [0.2, 0.25) is 0 Å². The minimum Gasteiger partial charge on any atom is -0.166 e. The molecule has 0 heterocycles. The molecule has 0 saturated carbocycles. The SMILES string of the molecule is SC1=CC=CC1S. The van der Waals surface area contributed by atoms with Gasteiger partial charge in [-0.1, -0.05) is 18.2 Å². The molecule has 0 amide bonds. The number of hydrogen-bond donors (Lipinski definition) is 2. The summed E-state index contributed by atoms with van der Waals surface area (Å²) in [6.45, 7) is 0. The maximum absolute atomic E-state index is 4.16. The van der Waals surface area contributed by atoms with Gasteiger partial charge in [-0.2, -0.15) is 12.6 Å². The van der Waals surface area contributed by atoms with Crippen molar-refractivity contribution in [1.82, 2.24) is 0 Å². The van der Waals surface area contributed by atoms with E-state index >= 15 is 0 Å². The smallest absolute Gasteiger partial charge is 0.0507 e. The van der Waals surface area contributed by atoms with Gasteiger partial charge in [0, 0.05) is 0 Å². The van der Waals surface area contributed by atoms with E-state index in [4.69, 9.17) is 0 Å². The third kappa shape index (κ3) is 1.04. The zero-order valence-electron chi connectivity index (χ0n) is 3.70. The third-order valence-corrected chi connectivity index (χ3v) is 1.94. The highest BCUT2D eigenvalue weighted by atomic mass is 32.1. The van der Waals surface area contributed by atoms with E-state index in [-0.39, 0.29) is 5.25 Å². The van der Waals surface area contributed by atoms with Gasteiger partial charge in [0.25, 0.3) is 0 Å². The summed E-state index contributed by atoms with van der Waals surface area (Å²) in [7, 11) is 0. The summed E-state index contributed by atoms with van der Waals surface area (Å²) in [5.74, 6) is 0. The Morgan fingerprint density at radius 2 is 2.29 bits per heavy atom. The molecule has 1 aliphatic rings. The fourth-order valence-electron chi connectivity index (χ4n) is 0.457. The second-order valence-corrected chi connectivity index (χ2v) is 2.49. The predicted octanol–water partition coefficient (Wildman–Crippen LogP) is 1.67. The molecule has 0 nitrogen and oxygen atoms in total. The van der Waals surface area contributed by atoms with E-state index in [1.165, 1.54) is 0 Å². The van der Waals surface area contributed by atoms with E-state index in [1.807, 2.05) is 18.2 Å². The third-order valence-electron chi connectivity index (χ3n) is 0.863. The zero-order valence-corrected chi connectivity index (χ0v) is 5.49. The van der Waals surface area contributed by atoms with Crippen LogP contribution in [-0.4, -0.2) is 5.25 Å². The van der Waals surface area contributed by atoms with Gasteiger partial charge in [-0.25, -0.2) is 0 Å². The Morgan fingerprint density at radius 3 is 2.43 bits per heavy atom. The van der Waals surface area contributed by atoms with Crippen molar-refractivity contribution in [3.63, 3.8) is 0 Å². The van der Waals surface area contributed by atoms with Crippen LogP contribution in [0.1, 0.15) is 0 Å². The Kier molecular flexibility index (Phi) is 1.50. The van der Waals surface area contributed by atoms with E-state index in [0.29, 0.717) is 0 Å². The van der Waals surface area contributed by atoms with Gasteiger partial charge in [-0.05, 0) is 4.91 Å². The van der Waals surface area contributed by atoms with Crippen LogP contribution in [0.2, 0.25) is 0 Å². The van der Waals surface area contributed by atoms with Crippen molar-refractivity contribution in [2.24, 2.45) is 0 Å². The van der Waals surface area contributed by atoms with Crippen LogP contribution in [0.5, 0.6) is 0 Å². The van der Waals surface area contributed by atoms with Gasteiger partial charge in [-0.15, -0.1) is 12.6 Å². The summed E-state index contributed by atoms with van der Waals surface area (Å²) in [5.41, 5.74) is 0. The average molecular weight is 130 g/mol. The summed E-state index contributed by atoms with van der Waals surface area (Å²) < 4.78 is 0. The van der Waals surface area contributed by atoms with Gasteiger partial charge in [0.05, 0.1) is 5.25 Å². The Balaban J connectivity index is 2.69. The Labute approximate surface area is 54.1 Å². The molecule has 2 heteroatoms. The molecule has 0 aliphatic heterocycles. The number of thiol groups is 2. The quantitative estimate of drug-likeness (QED) is 0.458. The first-order valence-corrected chi connectivity index (χ1v) is 3.02. The van der Waals surface area contributed by atoms with Crippen LogP contribution < -0.4 is 0 Å². The molecule has 1 rings (SSSR count). The van der Waals surface area contributed by atoms with E-state index in [1.54, 1.807) is 0 Å². The first-order chi connectivity index (χ1) is 3.30. The lowest BCUT2D eigenvalue weighted by atomic mass is 10.5. The van der Waals surface area contributed by atoms with Crippen molar-refractivity contribution in [1.29, 1.82) is 0 Å². The van der Waals surface area contributed by atoms with E-state index in [0.717, 1.165) is 4.91 Å². The Hall–Kier alpha value is 0.180. The van der Waals surface area contributed by atoms with Crippen LogP contribution in [-0.2, 0) is 0 Å². The summed E-state index contributed by atoms with van der Waals surface area (Å²) in [4.78, 5) is 1.03. The molecule has 38 valence electrons. The molecule has 0 N–H and O–H groups in total. The molecular weight excluding hydrogens is 124 g/mol. The second kappa shape index (κ2) is 1.97. The van der Waals surface area contributed by atoms with Crippen molar-refractivity contribution < 1.29 is 0 Å². The number of allylic oxidation sites excluding steroid dienone is 2.